The maximum Gasteiger partial charge on any atom is 0.137 e. The molecule has 0 radical (unpaired) electrons. The standard InChI is InChI=1S/C16H14Cl2N2O/c1-21-15-5-3-2-4-11(15)8-13-14(9-17)20-10-12(18)6-7-16(20)19-13/h2-7,10H,8-9H2,1H3. The average Bonchev–Trinajstić information content (AvgIpc) is 2.84. The molecule has 0 N–H and O–H groups in total. The second-order valence-corrected chi connectivity index (χ2v) is 5.41. The molecule has 2 aromatic heterocycles. The van der Waals surface area contributed by atoms with Crippen molar-refractivity contribution in [2.24, 2.45) is 0 Å². The fourth-order valence-electron chi connectivity index (χ4n) is 2.43. The molecule has 108 valence electrons. The van der Waals surface area contributed by atoms with E-state index in [-0.39, 0.29) is 0 Å². The summed E-state index contributed by atoms with van der Waals surface area (Å²) in [6.07, 6.45) is 2.51. The summed E-state index contributed by atoms with van der Waals surface area (Å²) in [7, 11) is 1.67. The Labute approximate surface area is 133 Å². The van der Waals surface area contributed by atoms with Gasteiger partial charge in [0.2, 0.25) is 0 Å². The summed E-state index contributed by atoms with van der Waals surface area (Å²) in [5.41, 5.74) is 3.83. The number of fused-ring (bicyclic) bond motifs is 1. The molecule has 3 aromatic rings. The summed E-state index contributed by atoms with van der Waals surface area (Å²) >= 11 is 12.2. The van der Waals surface area contributed by atoms with Gasteiger partial charge in [-0.3, -0.25) is 0 Å². The predicted octanol–water partition coefficient (Wildman–Crippen LogP) is 4.33. The zero-order valence-corrected chi connectivity index (χ0v) is 13.0. The van der Waals surface area contributed by atoms with Gasteiger partial charge in [0, 0.05) is 18.2 Å². The van der Waals surface area contributed by atoms with E-state index in [9.17, 15) is 0 Å². The number of imidazole rings is 1. The number of hydrogen-bond donors (Lipinski definition) is 0. The van der Waals surface area contributed by atoms with Crippen LogP contribution in [0.4, 0.5) is 0 Å². The first-order chi connectivity index (χ1) is 10.2. The fourth-order valence-corrected chi connectivity index (χ4v) is 2.87. The third-order valence-electron chi connectivity index (χ3n) is 3.44. The number of nitrogens with zero attached hydrogens (tertiary/aromatic N) is 2. The number of ether oxygens (including phenoxy) is 1. The Morgan fingerprint density at radius 2 is 2.00 bits per heavy atom. The van der Waals surface area contributed by atoms with E-state index in [0.717, 1.165) is 28.3 Å². The fraction of sp³-hybridized carbons (Fsp3) is 0.188. The van der Waals surface area contributed by atoms with Gasteiger partial charge in [-0.25, -0.2) is 4.98 Å². The van der Waals surface area contributed by atoms with E-state index >= 15 is 0 Å². The first-order valence-corrected chi connectivity index (χ1v) is 7.47. The van der Waals surface area contributed by atoms with Crippen LogP contribution in [0, 0.1) is 0 Å². The van der Waals surface area contributed by atoms with Gasteiger partial charge in [-0.05, 0) is 18.2 Å². The lowest BCUT2D eigenvalue weighted by Gasteiger charge is -2.07. The van der Waals surface area contributed by atoms with Crippen molar-refractivity contribution in [3.8, 4) is 5.75 Å². The molecular weight excluding hydrogens is 307 g/mol. The van der Waals surface area contributed by atoms with E-state index in [1.165, 1.54) is 0 Å². The maximum absolute atomic E-state index is 6.11. The zero-order valence-electron chi connectivity index (χ0n) is 11.5. The van der Waals surface area contributed by atoms with Gasteiger partial charge >= 0.3 is 0 Å². The Kier molecular flexibility index (Phi) is 4.04. The molecule has 3 rings (SSSR count). The Hall–Kier alpha value is -1.71. The largest absolute Gasteiger partial charge is 0.496 e. The molecule has 0 aliphatic heterocycles. The normalized spacial score (nSPS) is 11.0. The molecule has 2 heterocycles. The second kappa shape index (κ2) is 5.96. The minimum absolute atomic E-state index is 0.381. The molecule has 1 aromatic carbocycles. The Balaban J connectivity index is 2.08. The molecule has 0 saturated heterocycles. The monoisotopic (exact) mass is 320 g/mol. The summed E-state index contributed by atoms with van der Waals surface area (Å²) < 4.78 is 7.34. The van der Waals surface area contributed by atoms with Gasteiger partial charge < -0.3 is 9.14 Å². The molecule has 0 spiro atoms. The molecule has 0 unspecified atom stereocenters. The molecule has 0 saturated carbocycles. The van der Waals surface area contributed by atoms with Gasteiger partial charge in [0.1, 0.15) is 11.4 Å². The topological polar surface area (TPSA) is 26.5 Å². The summed E-state index contributed by atoms with van der Waals surface area (Å²) in [5.74, 6) is 1.24. The number of methoxy groups -OCH3 is 1. The van der Waals surface area contributed by atoms with E-state index in [0.29, 0.717) is 17.3 Å². The van der Waals surface area contributed by atoms with E-state index in [4.69, 9.17) is 27.9 Å². The number of hydrogen-bond acceptors (Lipinski definition) is 2. The number of alkyl halides is 1. The van der Waals surface area contributed by atoms with Gasteiger partial charge in [-0.1, -0.05) is 29.8 Å². The lowest BCUT2D eigenvalue weighted by atomic mass is 10.1. The number of benzene rings is 1. The van der Waals surface area contributed by atoms with Crippen LogP contribution in [0.2, 0.25) is 5.02 Å². The highest BCUT2D eigenvalue weighted by atomic mass is 35.5. The van der Waals surface area contributed by atoms with Crippen LogP contribution in [0.25, 0.3) is 5.65 Å². The quantitative estimate of drug-likeness (QED) is 0.669. The lowest BCUT2D eigenvalue weighted by Crippen LogP contribution is -1.97. The zero-order chi connectivity index (χ0) is 14.8. The lowest BCUT2D eigenvalue weighted by molar-refractivity contribution is 0.410. The van der Waals surface area contributed by atoms with Crippen molar-refractivity contribution in [2.75, 3.05) is 7.11 Å². The minimum atomic E-state index is 0.381. The van der Waals surface area contributed by atoms with Gasteiger partial charge in [0.15, 0.2) is 0 Å². The van der Waals surface area contributed by atoms with E-state index < -0.39 is 0 Å². The minimum Gasteiger partial charge on any atom is -0.496 e. The molecule has 21 heavy (non-hydrogen) atoms. The van der Waals surface area contributed by atoms with Crippen molar-refractivity contribution in [3.05, 3.63) is 64.6 Å². The van der Waals surface area contributed by atoms with Crippen LogP contribution in [0.15, 0.2) is 42.6 Å². The second-order valence-electron chi connectivity index (χ2n) is 4.70. The molecule has 0 fully saturated rings. The smallest absolute Gasteiger partial charge is 0.137 e. The highest BCUT2D eigenvalue weighted by Gasteiger charge is 2.14. The van der Waals surface area contributed by atoms with Crippen molar-refractivity contribution in [1.29, 1.82) is 0 Å². The third kappa shape index (κ3) is 2.71. The van der Waals surface area contributed by atoms with Crippen LogP contribution in [0.3, 0.4) is 0 Å². The summed E-state index contributed by atoms with van der Waals surface area (Å²) in [4.78, 5) is 4.66. The third-order valence-corrected chi connectivity index (χ3v) is 3.92. The number of rotatable bonds is 4. The van der Waals surface area contributed by atoms with Crippen LogP contribution < -0.4 is 4.74 Å². The maximum atomic E-state index is 6.11. The number of halogens is 2. The van der Waals surface area contributed by atoms with Crippen LogP contribution in [-0.4, -0.2) is 16.5 Å². The van der Waals surface area contributed by atoms with Crippen LogP contribution in [0.5, 0.6) is 5.75 Å². The van der Waals surface area contributed by atoms with Gasteiger partial charge in [-0.2, -0.15) is 0 Å². The molecule has 0 aliphatic rings. The van der Waals surface area contributed by atoms with Gasteiger partial charge in [0.05, 0.1) is 29.4 Å². The molecule has 0 amide bonds. The highest BCUT2D eigenvalue weighted by Crippen LogP contribution is 2.24. The van der Waals surface area contributed by atoms with Crippen molar-refractivity contribution in [2.45, 2.75) is 12.3 Å². The Bertz CT molecular complexity index is 783. The molecule has 0 atom stereocenters. The SMILES string of the molecule is COc1ccccc1Cc1nc2ccc(Cl)cn2c1CCl. The van der Waals surface area contributed by atoms with E-state index in [1.807, 2.05) is 47.0 Å². The van der Waals surface area contributed by atoms with Gasteiger partial charge in [0.25, 0.3) is 0 Å². The van der Waals surface area contributed by atoms with Gasteiger partial charge in [-0.15, -0.1) is 11.6 Å². The summed E-state index contributed by atoms with van der Waals surface area (Å²) in [6.45, 7) is 0. The van der Waals surface area contributed by atoms with Crippen LogP contribution in [0.1, 0.15) is 17.0 Å². The summed E-state index contributed by atoms with van der Waals surface area (Å²) in [6, 6.07) is 11.6. The molecule has 0 aliphatic carbocycles. The Morgan fingerprint density at radius 3 is 2.76 bits per heavy atom. The molecular formula is C16H14Cl2N2O. The van der Waals surface area contributed by atoms with E-state index in [2.05, 4.69) is 4.98 Å². The molecule has 0 bridgehead atoms. The van der Waals surface area contributed by atoms with Crippen molar-refractivity contribution < 1.29 is 4.74 Å². The first kappa shape index (κ1) is 14.2. The number of para-hydroxylation sites is 1. The first-order valence-electron chi connectivity index (χ1n) is 6.56. The summed E-state index contributed by atoms with van der Waals surface area (Å²) in [5, 5.41) is 0.662. The number of aromatic nitrogens is 2. The van der Waals surface area contributed by atoms with Crippen molar-refractivity contribution >= 4 is 28.8 Å². The van der Waals surface area contributed by atoms with Crippen LogP contribution >= 0.6 is 23.2 Å². The average molecular weight is 321 g/mol. The molecule has 5 heteroatoms. The van der Waals surface area contributed by atoms with E-state index in [1.54, 1.807) is 7.11 Å². The highest BCUT2D eigenvalue weighted by molar-refractivity contribution is 6.30. The molecule has 3 nitrogen and oxygen atoms in total. The van der Waals surface area contributed by atoms with Crippen molar-refractivity contribution in [3.63, 3.8) is 0 Å². The van der Waals surface area contributed by atoms with Crippen molar-refractivity contribution in [1.82, 2.24) is 9.38 Å². The Morgan fingerprint density at radius 1 is 1.19 bits per heavy atom. The van der Waals surface area contributed by atoms with Crippen LogP contribution in [-0.2, 0) is 12.3 Å². The predicted molar refractivity (Wildman–Crippen MR) is 85.6 cm³/mol. The number of pyridine rings is 1.